The summed E-state index contributed by atoms with van der Waals surface area (Å²) in [6.07, 6.45) is 9.67. The van der Waals surface area contributed by atoms with Gasteiger partial charge in [0.1, 0.15) is 0 Å². The molecule has 1 heteroatoms. The number of ether oxygens (including phenoxy) is 1. The van der Waals surface area contributed by atoms with Crippen LogP contribution in [-0.4, -0.2) is 13.2 Å². The molecule has 1 aliphatic rings. The zero-order valence-corrected chi connectivity index (χ0v) is 11.2. The van der Waals surface area contributed by atoms with Crippen LogP contribution in [0.2, 0.25) is 0 Å². The van der Waals surface area contributed by atoms with E-state index in [1.54, 1.807) is 0 Å². The van der Waals surface area contributed by atoms with Crippen LogP contribution in [0.5, 0.6) is 0 Å². The molecule has 2 rings (SSSR count). The predicted molar refractivity (Wildman–Crippen MR) is 77.5 cm³/mol. The van der Waals surface area contributed by atoms with Gasteiger partial charge < -0.3 is 4.74 Å². The molecule has 1 aromatic carbocycles. The monoisotopic (exact) mass is 242 g/mol. The second-order valence-electron chi connectivity index (χ2n) is 5.00. The van der Waals surface area contributed by atoms with Gasteiger partial charge in [-0.05, 0) is 49.3 Å². The maximum absolute atomic E-state index is 5.77. The average molecular weight is 242 g/mol. The number of allylic oxidation sites excluding steroid dienone is 1. The smallest absolute Gasteiger partial charge is 0.0681 e. The van der Waals surface area contributed by atoms with Gasteiger partial charge in [-0.15, -0.1) is 0 Å². The fourth-order valence-corrected chi connectivity index (χ4v) is 2.25. The van der Waals surface area contributed by atoms with E-state index in [0.717, 1.165) is 13.2 Å². The van der Waals surface area contributed by atoms with Gasteiger partial charge in [0.25, 0.3) is 0 Å². The summed E-state index contributed by atoms with van der Waals surface area (Å²) in [6, 6.07) is 10.4. The van der Waals surface area contributed by atoms with E-state index in [1.165, 1.54) is 42.4 Å². The van der Waals surface area contributed by atoms with Crippen LogP contribution >= 0.6 is 0 Å². The molecule has 0 N–H and O–H groups in total. The topological polar surface area (TPSA) is 9.23 Å². The number of rotatable bonds is 5. The normalized spacial score (nSPS) is 16.5. The highest BCUT2D eigenvalue weighted by Crippen LogP contribution is 2.17. The molecule has 0 atom stereocenters. The summed E-state index contributed by atoms with van der Waals surface area (Å²) in [5.41, 5.74) is 4.00. The van der Waals surface area contributed by atoms with Crippen LogP contribution in [0.3, 0.4) is 0 Å². The number of hydrogen-bond donors (Lipinski definition) is 0. The third-order valence-electron chi connectivity index (χ3n) is 3.21. The quantitative estimate of drug-likeness (QED) is 0.685. The third-order valence-corrected chi connectivity index (χ3v) is 3.21. The van der Waals surface area contributed by atoms with Crippen molar-refractivity contribution in [2.75, 3.05) is 13.2 Å². The Morgan fingerprint density at radius 3 is 2.78 bits per heavy atom. The first-order valence-electron chi connectivity index (χ1n) is 6.82. The van der Waals surface area contributed by atoms with Crippen molar-refractivity contribution in [1.82, 2.24) is 0 Å². The van der Waals surface area contributed by atoms with Gasteiger partial charge in [-0.25, -0.2) is 0 Å². The minimum Gasteiger partial charge on any atom is -0.373 e. The molecule has 0 aliphatic heterocycles. The van der Waals surface area contributed by atoms with Crippen LogP contribution in [0.4, 0.5) is 0 Å². The molecule has 1 aromatic rings. The minimum absolute atomic E-state index is 0.728. The lowest BCUT2D eigenvalue weighted by Gasteiger charge is -2.13. The fraction of sp³-hybridized carbons (Fsp3) is 0.412. The Bertz CT molecular complexity index is 414. The molecular weight excluding hydrogens is 220 g/mol. The van der Waals surface area contributed by atoms with Crippen molar-refractivity contribution in [2.24, 2.45) is 0 Å². The standard InChI is InChI=1S/C17H22O/c1-15(12-16-8-4-2-5-9-16)13-18-14-17-10-6-3-7-11-17/h2,4-5,8-10,12H,3,6-7,11,13-14H2,1H3/b15-12+. The van der Waals surface area contributed by atoms with Crippen molar-refractivity contribution in [3.8, 4) is 0 Å². The second-order valence-corrected chi connectivity index (χ2v) is 5.00. The van der Waals surface area contributed by atoms with Gasteiger partial charge in [-0.2, -0.15) is 0 Å². The van der Waals surface area contributed by atoms with Crippen molar-refractivity contribution >= 4 is 6.08 Å². The lowest BCUT2D eigenvalue weighted by atomic mass is 10.0. The van der Waals surface area contributed by atoms with Gasteiger partial charge in [0.05, 0.1) is 13.2 Å². The van der Waals surface area contributed by atoms with Crippen LogP contribution in [-0.2, 0) is 4.74 Å². The van der Waals surface area contributed by atoms with E-state index in [-0.39, 0.29) is 0 Å². The summed E-state index contributed by atoms with van der Waals surface area (Å²) in [7, 11) is 0. The van der Waals surface area contributed by atoms with E-state index in [2.05, 4.69) is 43.3 Å². The zero-order chi connectivity index (χ0) is 12.6. The van der Waals surface area contributed by atoms with Crippen molar-refractivity contribution < 1.29 is 4.74 Å². The van der Waals surface area contributed by atoms with Crippen LogP contribution in [0, 0.1) is 0 Å². The van der Waals surface area contributed by atoms with Gasteiger partial charge in [0.15, 0.2) is 0 Å². The highest BCUT2D eigenvalue weighted by Gasteiger charge is 2.03. The number of hydrogen-bond acceptors (Lipinski definition) is 1. The summed E-state index contributed by atoms with van der Waals surface area (Å²) in [4.78, 5) is 0. The molecule has 0 unspecified atom stereocenters. The van der Waals surface area contributed by atoms with Crippen LogP contribution in [0.25, 0.3) is 6.08 Å². The van der Waals surface area contributed by atoms with E-state index in [0.29, 0.717) is 0 Å². The molecule has 18 heavy (non-hydrogen) atoms. The summed E-state index contributed by atoms with van der Waals surface area (Å²) < 4.78 is 5.77. The van der Waals surface area contributed by atoms with Crippen LogP contribution in [0.15, 0.2) is 47.6 Å². The lowest BCUT2D eigenvalue weighted by molar-refractivity contribution is 0.177. The molecule has 0 saturated carbocycles. The molecular formula is C17H22O. The molecule has 0 fully saturated rings. The Labute approximate surface area is 110 Å². The Hall–Kier alpha value is -1.34. The molecule has 1 nitrogen and oxygen atoms in total. The summed E-state index contributed by atoms with van der Waals surface area (Å²) in [5, 5.41) is 0. The van der Waals surface area contributed by atoms with Gasteiger partial charge in [-0.3, -0.25) is 0 Å². The molecule has 0 heterocycles. The average Bonchev–Trinajstić information content (AvgIpc) is 2.41. The zero-order valence-electron chi connectivity index (χ0n) is 11.2. The van der Waals surface area contributed by atoms with E-state index in [4.69, 9.17) is 4.74 Å². The molecule has 0 amide bonds. The highest BCUT2D eigenvalue weighted by atomic mass is 16.5. The van der Waals surface area contributed by atoms with Crippen LogP contribution < -0.4 is 0 Å². The SMILES string of the molecule is C/C(=C\c1ccccc1)COCC1=CCCCC1. The maximum Gasteiger partial charge on any atom is 0.0681 e. The first-order valence-corrected chi connectivity index (χ1v) is 6.82. The van der Waals surface area contributed by atoms with Crippen molar-refractivity contribution in [2.45, 2.75) is 32.6 Å². The Kier molecular flexibility index (Phi) is 5.22. The Morgan fingerprint density at radius 1 is 1.22 bits per heavy atom. The highest BCUT2D eigenvalue weighted by molar-refractivity contribution is 5.52. The largest absolute Gasteiger partial charge is 0.373 e. The molecule has 0 aromatic heterocycles. The lowest BCUT2D eigenvalue weighted by Crippen LogP contribution is -2.03. The Morgan fingerprint density at radius 2 is 2.06 bits per heavy atom. The van der Waals surface area contributed by atoms with Crippen molar-refractivity contribution in [3.63, 3.8) is 0 Å². The van der Waals surface area contributed by atoms with Crippen LogP contribution in [0.1, 0.15) is 38.2 Å². The molecule has 0 spiro atoms. The fourth-order valence-electron chi connectivity index (χ4n) is 2.25. The van der Waals surface area contributed by atoms with E-state index >= 15 is 0 Å². The maximum atomic E-state index is 5.77. The molecule has 96 valence electrons. The summed E-state index contributed by atoms with van der Waals surface area (Å²) in [5.74, 6) is 0. The third kappa shape index (κ3) is 4.50. The summed E-state index contributed by atoms with van der Waals surface area (Å²) in [6.45, 7) is 3.66. The van der Waals surface area contributed by atoms with E-state index in [1.807, 2.05) is 6.07 Å². The van der Waals surface area contributed by atoms with Gasteiger partial charge in [0.2, 0.25) is 0 Å². The van der Waals surface area contributed by atoms with E-state index < -0.39 is 0 Å². The molecule has 0 radical (unpaired) electrons. The van der Waals surface area contributed by atoms with Gasteiger partial charge >= 0.3 is 0 Å². The predicted octanol–water partition coefficient (Wildman–Crippen LogP) is 4.61. The molecule has 1 aliphatic carbocycles. The minimum atomic E-state index is 0.728. The first-order chi connectivity index (χ1) is 8.84. The Balaban J connectivity index is 1.76. The van der Waals surface area contributed by atoms with Gasteiger partial charge in [0, 0.05) is 0 Å². The van der Waals surface area contributed by atoms with E-state index in [9.17, 15) is 0 Å². The molecule has 0 bridgehead atoms. The molecule has 0 saturated heterocycles. The number of benzene rings is 1. The second kappa shape index (κ2) is 7.17. The summed E-state index contributed by atoms with van der Waals surface area (Å²) >= 11 is 0. The van der Waals surface area contributed by atoms with Crippen molar-refractivity contribution in [3.05, 3.63) is 53.1 Å². The first kappa shape index (κ1) is 13.1. The van der Waals surface area contributed by atoms with Gasteiger partial charge in [-0.1, -0.05) is 42.5 Å². The van der Waals surface area contributed by atoms with Crippen molar-refractivity contribution in [1.29, 1.82) is 0 Å².